The quantitative estimate of drug-likeness (QED) is 0.874. The molecule has 0 bridgehead atoms. The number of thiazole rings is 1. The lowest BCUT2D eigenvalue weighted by Gasteiger charge is -2.34. The Labute approximate surface area is 135 Å². The van der Waals surface area contributed by atoms with Gasteiger partial charge in [0.05, 0.1) is 11.7 Å². The van der Waals surface area contributed by atoms with Crippen molar-refractivity contribution in [2.24, 2.45) is 0 Å². The fourth-order valence-corrected chi connectivity index (χ4v) is 4.01. The summed E-state index contributed by atoms with van der Waals surface area (Å²) < 4.78 is 1.80. The van der Waals surface area contributed by atoms with Gasteiger partial charge in [-0.15, -0.1) is 11.3 Å². The summed E-state index contributed by atoms with van der Waals surface area (Å²) in [6.45, 7) is 7.09. The van der Waals surface area contributed by atoms with E-state index in [4.69, 9.17) is 0 Å². The van der Waals surface area contributed by atoms with Crippen molar-refractivity contribution < 1.29 is 4.79 Å². The molecule has 2 aromatic rings. The third kappa shape index (κ3) is 3.06. The van der Waals surface area contributed by atoms with E-state index in [2.05, 4.69) is 15.5 Å². The van der Waals surface area contributed by atoms with E-state index in [0.29, 0.717) is 6.54 Å². The van der Waals surface area contributed by atoms with Crippen LogP contribution in [0.1, 0.15) is 47.4 Å². The number of hydrogen-bond acceptors (Lipinski definition) is 4. The number of likely N-dealkylation sites (tertiary alicyclic amines) is 1. The number of amides is 1. The van der Waals surface area contributed by atoms with Gasteiger partial charge in [0.15, 0.2) is 0 Å². The number of rotatable bonds is 3. The molecule has 5 nitrogen and oxygen atoms in total. The molecule has 22 heavy (non-hydrogen) atoms. The standard InChI is InChI=1S/C16H22N4OS/c1-11-8-13(3)20(18-11)9-15(21)19-7-5-4-6-14(19)16-17-12(2)10-22-16/h8,10,14H,4-7,9H2,1-3H3. The third-order valence-electron chi connectivity index (χ3n) is 4.13. The third-order valence-corrected chi connectivity index (χ3v) is 5.20. The summed E-state index contributed by atoms with van der Waals surface area (Å²) >= 11 is 1.66. The van der Waals surface area contributed by atoms with Crippen LogP contribution in [0.2, 0.25) is 0 Å². The molecule has 1 fully saturated rings. The van der Waals surface area contributed by atoms with Crippen LogP contribution in [0.4, 0.5) is 0 Å². The molecule has 3 heterocycles. The molecular formula is C16H22N4OS. The molecule has 1 atom stereocenters. The van der Waals surface area contributed by atoms with E-state index >= 15 is 0 Å². The van der Waals surface area contributed by atoms with Gasteiger partial charge in [-0.25, -0.2) is 4.98 Å². The zero-order valence-corrected chi connectivity index (χ0v) is 14.2. The molecule has 3 rings (SSSR count). The minimum absolute atomic E-state index is 0.136. The van der Waals surface area contributed by atoms with Crippen molar-refractivity contribution in [3.8, 4) is 0 Å². The van der Waals surface area contributed by atoms with Gasteiger partial charge in [0, 0.05) is 23.3 Å². The second-order valence-electron chi connectivity index (χ2n) is 6.01. The zero-order valence-electron chi connectivity index (χ0n) is 13.4. The molecule has 0 aromatic carbocycles. The molecule has 0 spiro atoms. The van der Waals surface area contributed by atoms with Crippen molar-refractivity contribution in [3.63, 3.8) is 0 Å². The predicted molar refractivity (Wildman–Crippen MR) is 86.9 cm³/mol. The van der Waals surface area contributed by atoms with Gasteiger partial charge in [0.25, 0.3) is 0 Å². The van der Waals surface area contributed by atoms with Crippen LogP contribution >= 0.6 is 11.3 Å². The summed E-state index contributed by atoms with van der Waals surface area (Å²) in [5, 5.41) is 7.53. The molecule has 1 aliphatic heterocycles. The van der Waals surface area contributed by atoms with E-state index in [1.54, 1.807) is 16.0 Å². The summed E-state index contributed by atoms with van der Waals surface area (Å²) in [4.78, 5) is 19.4. The summed E-state index contributed by atoms with van der Waals surface area (Å²) in [6.07, 6.45) is 3.24. The molecule has 1 saturated heterocycles. The SMILES string of the molecule is Cc1csc(C2CCCCN2C(=O)Cn2nc(C)cc2C)n1. The summed E-state index contributed by atoms with van der Waals surface area (Å²) in [5.74, 6) is 0.142. The van der Waals surface area contributed by atoms with Crippen LogP contribution in [0.25, 0.3) is 0 Å². The van der Waals surface area contributed by atoms with Crippen molar-refractivity contribution in [2.75, 3.05) is 6.54 Å². The van der Waals surface area contributed by atoms with Crippen molar-refractivity contribution in [2.45, 2.75) is 52.6 Å². The molecule has 1 amide bonds. The molecule has 2 aromatic heterocycles. The first-order valence-electron chi connectivity index (χ1n) is 7.77. The molecule has 0 saturated carbocycles. The Kier molecular flexibility index (Phi) is 4.29. The Balaban J connectivity index is 1.78. The topological polar surface area (TPSA) is 51.0 Å². The van der Waals surface area contributed by atoms with Crippen LogP contribution in [0.3, 0.4) is 0 Å². The van der Waals surface area contributed by atoms with E-state index in [1.165, 1.54) is 0 Å². The van der Waals surface area contributed by atoms with Gasteiger partial charge in [-0.2, -0.15) is 5.10 Å². The van der Waals surface area contributed by atoms with Gasteiger partial charge in [0.2, 0.25) is 5.91 Å². The van der Waals surface area contributed by atoms with Crippen LogP contribution in [-0.4, -0.2) is 32.1 Å². The maximum absolute atomic E-state index is 12.8. The first-order chi connectivity index (χ1) is 10.5. The Hall–Kier alpha value is -1.69. The monoisotopic (exact) mass is 318 g/mol. The van der Waals surface area contributed by atoms with Gasteiger partial charge in [0.1, 0.15) is 11.6 Å². The van der Waals surface area contributed by atoms with Crippen LogP contribution in [0.15, 0.2) is 11.4 Å². The molecule has 118 valence electrons. The van der Waals surface area contributed by atoms with E-state index in [0.717, 1.165) is 47.9 Å². The fourth-order valence-electron chi connectivity index (χ4n) is 3.07. The number of aryl methyl sites for hydroxylation is 3. The van der Waals surface area contributed by atoms with Crippen molar-refractivity contribution in [1.82, 2.24) is 19.7 Å². The number of carbonyl (C=O) groups is 1. The maximum Gasteiger partial charge on any atom is 0.244 e. The molecule has 0 radical (unpaired) electrons. The largest absolute Gasteiger partial charge is 0.332 e. The first-order valence-corrected chi connectivity index (χ1v) is 8.65. The molecule has 1 unspecified atom stereocenters. The lowest BCUT2D eigenvalue weighted by atomic mass is 10.0. The highest BCUT2D eigenvalue weighted by Crippen LogP contribution is 2.32. The van der Waals surface area contributed by atoms with Gasteiger partial charge >= 0.3 is 0 Å². The summed E-state index contributed by atoms with van der Waals surface area (Å²) in [5.41, 5.74) is 3.03. The Morgan fingerprint density at radius 1 is 1.32 bits per heavy atom. The Morgan fingerprint density at radius 2 is 2.14 bits per heavy atom. The van der Waals surface area contributed by atoms with Crippen LogP contribution < -0.4 is 0 Å². The summed E-state index contributed by atoms with van der Waals surface area (Å²) in [6, 6.07) is 2.14. The number of aromatic nitrogens is 3. The molecule has 1 aliphatic rings. The second-order valence-corrected chi connectivity index (χ2v) is 6.90. The van der Waals surface area contributed by atoms with Crippen LogP contribution in [0, 0.1) is 20.8 Å². The Morgan fingerprint density at radius 3 is 2.77 bits per heavy atom. The van der Waals surface area contributed by atoms with Gasteiger partial charge in [-0.05, 0) is 46.1 Å². The van der Waals surface area contributed by atoms with Gasteiger partial charge in [-0.1, -0.05) is 0 Å². The average Bonchev–Trinajstić information content (AvgIpc) is 3.05. The van der Waals surface area contributed by atoms with E-state index in [1.807, 2.05) is 31.7 Å². The summed E-state index contributed by atoms with van der Waals surface area (Å²) in [7, 11) is 0. The number of nitrogens with zero attached hydrogens (tertiary/aromatic N) is 4. The predicted octanol–water partition coefficient (Wildman–Crippen LogP) is 3.02. The van der Waals surface area contributed by atoms with Crippen molar-refractivity contribution in [1.29, 1.82) is 0 Å². The zero-order chi connectivity index (χ0) is 15.7. The number of piperidine rings is 1. The number of hydrogen-bond donors (Lipinski definition) is 0. The minimum atomic E-state index is 0.136. The van der Waals surface area contributed by atoms with Crippen molar-refractivity contribution in [3.05, 3.63) is 33.5 Å². The minimum Gasteiger partial charge on any atom is -0.332 e. The molecular weight excluding hydrogens is 296 g/mol. The van der Waals surface area contributed by atoms with Gasteiger partial charge < -0.3 is 4.90 Å². The smallest absolute Gasteiger partial charge is 0.244 e. The van der Waals surface area contributed by atoms with Crippen molar-refractivity contribution >= 4 is 17.2 Å². The number of carbonyl (C=O) groups excluding carboxylic acids is 1. The average molecular weight is 318 g/mol. The van der Waals surface area contributed by atoms with Crippen LogP contribution in [-0.2, 0) is 11.3 Å². The normalized spacial score (nSPS) is 18.7. The molecule has 0 N–H and O–H groups in total. The van der Waals surface area contributed by atoms with E-state index in [-0.39, 0.29) is 11.9 Å². The molecule has 0 aliphatic carbocycles. The van der Waals surface area contributed by atoms with Gasteiger partial charge in [-0.3, -0.25) is 9.48 Å². The highest BCUT2D eigenvalue weighted by atomic mass is 32.1. The second kappa shape index (κ2) is 6.20. The van der Waals surface area contributed by atoms with E-state index < -0.39 is 0 Å². The lowest BCUT2D eigenvalue weighted by molar-refractivity contribution is -0.136. The highest BCUT2D eigenvalue weighted by molar-refractivity contribution is 7.09. The lowest BCUT2D eigenvalue weighted by Crippen LogP contribution is -2.40. The van der Waals surface area contributed by atoms with Crippen LogP contribution in [0.5, 0.6) is 0 Å². The molecule has 6 heteroatoms. The maximum atomic E-state index is 12.8. The Bertz CT molecular complexity index is 675. The fraction of sp³-hybridized carbons (Fsp3) is 0.562. The first kappa shape index (κ1) is 15.2. The highest BCUT2D eigenvalue weighted by Gasteiger charge is 2.30. The van der Waals surface area contributed by atoms with E-state index in [9.17, 15) is 4.79 Å².